The Balaban J connectivity index is 1.97. The summed E-state index contributed by atoms with van der Waals surface area (Å²) in [5.74, 6) is 0. The molecule has 0 bridgehead atoms. The van der Waals surface area contributed by atoms with Crippen LogP contribution in [0.25, 0.3) is 0 Å². The van der Waals surface area contributed by atoms with E-state index >= 15 is 0 Å². The van der Waals surface area contributed by atoms with Crippen LogP contribution in [0.5, 0.6) is 0 Å². The van der Waals surface area contributed by atoms with Gasteiger partial charge in [0.2, 0.25) is 0 Å². The maximum Gasteiger partial charge on any atom is 0.0863 e. The van der Waals surface area contributed by atoms with Crippen LogP contribution in [0, 0.1) is 0 Å². The van der Waals surface area contributed by atoms with Crippen LogP contribution in [0.3, 0.4) is 0 Å². The van der Waals surface area contributed by atoms with Crippen molar-refractivity contribution in [2.75, 3.05) is 33.2 Å². The molecule has 0 atom stereocenters. The van der Waals surface area contributed by atoms with Gasteiger partial charge in [-0.3, -0.25) is 4.68 Å². The van der Waals surface area contributed by atoms with Crippen molar-refractivity contribution in [1.29, 1.82) is 0 Å². The summed E-state index contributed by atoms with van der Waals surface area (Å²) in [6.07, 6.45) is 0.882. The van der Waals surface area contributed by atoms with E-state index in [0.29, 0.717) is 0 Å². The van der Waals surface area contributed by atoms with Crippen LogP contribution in [0.2, 0.25) is 5.02 Å². The standard InChI is InChI=1S/C13H24ClN5/c1-4-11-13(14)12(19(5-2)16-11)10-15-18-8-6-17(3)7-9-18/h15H,4-10H2,1-3H3. The Bertz CT molecular complexity index is 409. The third-order valence-electron chi connectivity index (χ3n) is 3.67. The van der Waals surface area contributed by atoms with Crippen LogP contribution >= 0.6 is 11.6 Å². The molecule has 0 aromatic carbocycles. The van der Waals surface area contributed by atoms with E-state index in [-0.39, 0.29) is 0 Å². The smallest absolute Gasteiger partial charge is 0.0863 e. The van der Waals surface area contributed by atoms with Crippen molar-refractivity contribution in [2.45, 2.75) is 33.4 Å². The van der Waals surface area contributed by atoms with Gasteiger partial charge >= 0.3 is 0 Å². The molecule has 1 saturated heterocycles. The summed E-state index contributed by atoms with van der Waals surface area (Å²) in [6, 6.07) is 0. The molecule has 1 aromatic rings. The molecule has 2 heterocycles. The van der Waals surface area contributed by atoms with Gasteiger partial charge in [-0.05, 0) is 20.4 Å². The van der Waals surface area contributed by atoms with Gasteiger partial charge in [0.15, 0.2) is 0 Å². The molecule has 1 fully saturated rings. The summed E-state index contributed by atoms with van der Waals surface area (Å²) in [6.45, 7) is 10.1. The zero-order valence-electron chi connectivity index (χ0n) is 12.1. The van der Waals surface area contributed by atoms with Crippen LogP contribution in [-0.2, 0) is 19.5 Å². The summed E-state index contributed by atoms with van der Waals surface area (Å²) in [5.41, 5.74) is 5.57. The highest BCUT2D eigenvalue weighted by Gasteiger charge is 2.17. The van der Waals surface area contributed by atoms with Gasteiger partial charge in [0.05, 0.1) is 23.0 Å². The van der Waals surface area contributed by atoms with E-state index in [1.165, 1.54) is 0 Å². The molecule has 1 aliphatic heterocycles. The van der Waals surface area contributed by atoms with Gasteiger partial charge in [0.25, 0.3) is 0 Å². The van der Waals surface area contributed by atoms with Gasteiger partial charge in [0, 0.05) is 32.7 Å². The van der Waals surface area contributed by atoms with Crippen molar-refractivity contribution < 1.29 is 0 Å². The molecule has 5 nitrogen and oxygen atoms in total. The largest absolute Gasteiger partial charge is 0.304 e. The lowest BCUT2D eigenvalue weighted by atomic mass is 10.3. The molecule has 2 rings (SSSR count). The van der Waals surface area contributed by atoms with Gasteiger partial charge in [0.1, 0.15) is 0 Å². The lowest BCUT2D eigenvalue weighted by Crippen LogP contribution is -2.50. The first kappa shape index (κ1) is 14.8. The first-order valence-corrected chi connectivity index (χ1v) is 7.44. The number of nitrogens with one attached hydrogen (secondary N) is 1. The Hall–Kier alpha value is -0.620. The lowest BCUT2D eigenvalue weighted by molar-refractivity contribution is 0.101. The van der Waals surface area contributed by atoms with Gasteiger partial charge in [-0.15, -0.1) is 0 Å². The van der Waals surface area contributed by atoms with E-state index in [2.05, 4.69) is 41.3 Å². The summed E-state index contributed by atoms with van der Waals surface area (Å²) in [5, 5.41) is 7.64. The second kappa shape index (κ2) is 6.70. The van der Waals surface area contributed by atoms with Crippen molar-refractivity contribution >= 4 is 11.6 Å². The highest BCUT2D eigenvalue weighted by Crippen LogP contribution is 2.21. The van der Waals surface area contributed by atoms with E-state index in [9.17, 15) is 0 Å². The third kappa shape index (κ3) is 3.48. The van der Waals surface area contributed by atoms with Gasteiger partial charge < -0.3 is 4.90 Å². The topological polar surface area (TPSA) is 36.3 Å². The van der Waals surface area contributed by atoms with Gasteiger partial charge in [-0.25, -0.2) is 10.4 Å². The highest BCUT2D eigenvalue weighted by molar-refractivity contribution is 6.31. The average Bonchev–Trinajstić information content (AvgIpc) is 2.74. The monoisotopic (exact) mass is 285 g/mol. The molecule has 19 heavy (non-hydrogen) atoms. The molecule has 1 aromatic heterocycles. The summed E-state index contributed by atoms with van der Waals surface area (Å²) < 4.78 is 2.00. The van der Waals surface area contributed by atoms with Crippen LogP contribution in [0.1, 0.15) is 25.2 Å². The summed E-state index contributed by atoms with van der Waals surface area (Å²) >= 11 is 6.40. The van der Waals surface area contributed by atoms with Crippen LogP contribution < -0.4 is 5.43 Å². The maximum absolute atomic E-state index is 6.40. The van der Waals surface area contributed by atoms with Gasteiger partial charge in [-0.1, -0.05) is 18.5 Å². The zero-order chi connectivity index (χ0) is 13.8. The normalized spacial score (nSPS) is 18.1. The van der Waals surface area contributed by atoms with Crippen molar-refractivity contribution in [3.05, 3.63) is 16.4 Å². The fourth-order valence-corrected chi connectivity index (χ4v) is 2.67. The molecule has 0 spiro atoms. The van der Waals surface area contributed by atoms with E-state index < -0.39 is 0 Å². The van der Waals surface area contributed by atoms with Crippen molar-refractivity contribution in [3.8, 4) is 0 Å². The molecular formula is C13H24ClN5. The number of aryl methyl sites for hydroxylation is 2. The summed E-state index contributed by atoms with van der Waals surface area (Å²) in [7, 11) is 2.16. The molecular weight excluding hydrogens is 262 g/mol. The minimum atomic E-state index is 0.753. The molecule has 108 valence electrons. The number of nitrogens with zero attached hydrogens (tertiary/aromatic N) is 4. The fraction of sp³-hybridized carbons (Fsp3) is 0.769. The SMILES string of the molecule is CCc1nn(CC)c(CNN2CCN(C)CC2)c1Cl. The summed E-state index contributed by atoms with van der Waals surface area (Å²) in [4.78, 5) is 2.34. The second-order valence-electron chi connectivity index (χ2n) is 5.00. The highest BCUT2D eigenvalue weighted by atomic mass is 35.5. The molecule has 0 radical (unpaired) electrons. The van der Waals surface area contributed by atoms with Crippen LogP contribution in [0.4, 0.5) is 0 Å². The minimum Gasteiger partial charge on any atom is -0.304 e. The molecule has 0 amide bonds. The minimum absolute atomic E-state index is 0.753. The van der Waals surface area contributed by atoms with Gasteiger partial charge in [-0.2, -0.15) is 5.10 Å². The molecule has 0 unspecified atom stereocenters. The number of piperazine rings is 1. The Morgan fingerprint density at radius 1 is 1.21 bits per heavy atom. The number of hydrazine groups is 1. The Labute approximate surface area is 120 Å². The number of rotatable bonds is 5. The number of hydrogen-bond acceptors (Lipinski definition) is 4. The lowest BCUT2D eigenvalue weighted by Gasteiger charge is -2.32. The number of aromatic nitrogens is 2. The molecule has 1 N–H and O–H groups in total. The molecule has 1 aliphatic rings. The Morgan fingerprint density at radius 2 is 1.89 bits per heavy atom. The second-order valence-corrected chi connectivity index (χ2v) is 5.38. The van der Waals surface area contributed by atoms with E-state index in [4.69, 9.17) is 11.6 Å². The number of halogens is 1. The quantitative estimate of drug-likeness (QED) is 0.887. The van der Waals surface area contributed by atoms with E-state index in [1.54, 1.807) is 0 Å². The van der Waals surface area contributed by atoms with Crippen molar-refractivity contribution in [1.82, 2.24) is 25.1 Å². The average molecular weight is 286 g/mol. The predicted molar refractivity (Wildman–Crippen MR) is 78.2 cm³/mol. The molecule has 0 aliphatic carbocycles. The van der Waals surface area contributed by atoms with Crippen LogP contribution in [0.15, 0.2) is 0 Å². The van der Waals surface area contributed by atoms with Crippen molar-refractivity contribution in [2.24, 2.45) is 0 Å². The first-order chi connectivity index (χ1) is 9.15. The zero-order valence-corrected chi connectivity index (χ0v) is 12.9. The third-order valence-corrected chi connectivity index (χ3v) is 4.10. The number of hydrogen-bond donors (Lipinski definition) is 1. The predicted octanol–water partition coefficient (Wildman–Crippen LogP) is 1.37. The first-order valence-electron chi connectivity index (χ1n) is 7.06. The van der Waals surface area contributed by atoms with E-state index in [0.717, 1.165) is 62.1 Å². The number of likely N-dealkylation sites (N-methyl/N-ethyl adjacent to an activating group) is 1. The molecule has 0 saturated carbocycles. The maximum atomic E-state index is 6.40. The van der Waals surface area contributed by atoms with Crippen LogP contribution in [-0.4, -0.2) is 52.9 Å². The fourth-order valence-electron chi connectivity index (χ4n) is 2.34. The Kier molecular flexibility index (Phi) is 5.21. The van der Waals surface area contributed by atoms with E-state index in [1.807, 2.05) is 4.68 Å². The van der Waals surface area contributed by atoms with Crippen molar-refractivity contribution in [3.63, 3.8) is 0 Å². The molecule has 6 heteroatoms. The Morgan fingerprint density at radius 3 is 2.47 bits per heavy atom.